The SMILES string of the molecule is O=C1/C(=C/c2cc(Br)ccc2OCc2cccc(Cl)c2)SC(=Nc2ccc(Cl)cc2)N1c1ccc(Cl)cc1. The van der Waals surface area contributed by atoms with E-state index >= 15 is 0 Å². The molecular weight excluding hydrogens is 627 g/mol. The van der Waals surface area contributed by atoms with Crippen LogP contribution in [0.2, 0.25) is 15.1 Å². The fourth-order valence-electron chi connectivity index (χ4n) is 3.69. The zero-order valence-electron chi connectivity index (χ0n) is 19.6. The van der Waals surface area contributed by atoms with Crippen LogP contribution in [0.1, 0.15) is 11.1 Å². The number of amidine groups is 1. The number of aliphatic imine (C=N–C) groups is 1. The Kier molecular flexibility index (Phi) is 8.46. The van der Waals surface area contributed by atoms with Gasteiger partial charge in [-0.15, -0.1) is 0 Å². The van der Waals surface area contributed by atoms with E-state index in [2.05, 4.69) is 15.9 Å². The number of thioether (sulfide) groups is 1. The van der Waals surface area contributed by atoms with Gasteiger partial charge in [0.15, 0.2) is 5.17 Å². The minimum absolute atomic E-state index is 0.203. The number of nitrogens with zero attached hydrogens (tertiary/aromatic N) is 2. The number of ether oxygens (including phenoxy) is 1. The van der Waals surface area contributed by atoms with E-state index in [9.17, 15) is 4.79 Å². The molecule has 0 N–H and O–H groups in total. The second kappa shape index (κ2) is 12.0. The third-order valence-electron chi connectivity index (χ3n) is 5.48. The van der Waals surface area contributed by atoms with E-state index in [0.717, 1.165) is 15.6 Å². The molecule has 0 aromatic heterocycles. The summed E-state index contributed by atoms with van der Waals surface area (Å²) in [7, 11) is 0. The molecule has 1 heterocycles. The normalized spacial score (nSPS) is 15.5. The fraction of sp³-hybridized carbons (Fsp3) is 0.0345. The lowest BCUT2D eigenvalue weighted by Crippen LogP contribution is -2.28. The van der Waals surface area contributed by atoms with Crippen molar-refractivity contribution in [1.29, 1.82) is 0 Å². The highest BCUT2D eigenvalue weighted by Gasteiger charge is 2.35. The molecule has 5 rings (SSSR count). The molecule has 0 atom stereocenters. The smallest absolute Gasteiger partial charge is 0.271 e. The van der Waals surface area contributed by atoms with Gasteiger partial charge in [-0.2, -0.15) is 0 Å². The first kappa shape index (κ1) is 26.9. The lowest BCUT2D eigenvalue weighted by molar-refractivity contribution is -0.113. The Morgan fingerprint density at radius 2 is 1.58 bits per heavy atom. The third-order valence-corrected chi connectivity index (χ3v) is 7.69. The Bertz CT molecular complexity index is 1560. The minimum Gasteiger partial charge on any atom is -0.488 e. The summed E-state index contributed by atoms with van der Waals surface area (Å²) in [5, 5.41) is 2.35. The van der Waals surface area contributed by atoms with Crippen LogP contribution in [0, 0.1) is 0 Å². The molecular formula is C29H18BrCl3N2O2S. The highest BCUT2D eigenvalue weighted by molar-refractivity contribution is 9.10. The number of hydrogen-bond donors (Lipinski definition) is 0. The number of amides is 1. The summed E-state index contributed by atoms with van der Waals surface area (Å²) < 4.78 is 6.98. The van der Waals surface area contributed by atoms with E-state index in [4.69, 9.17) is 44.5 Å². The largest absolute Gasteiger partial charge is 0.488 e. The first-order valence-corrected chi connectivity index (χ1v) is 14.1. The molecule has 190 valence electrons. The Labute approximate surface area is 248 Å². The van der Waals surface area contributed by atoms with Crippen molar-refractivity contribution in [2.75, 3.05) is 4.90 Å². The number of hydrogen-bond acceptors (Lipinski definition) is 4. The number of anilines is 1. The average molecular weight is 645 g/mol. The summed E-state index contributed by atoms with van der Waals surface area (Å²) in [4.78, 5) is 20.5. The van der Waals surface area contributed by atoms with Gasteiger partial charge in [0.25, 0.3) is 5.91 Å². The average Bonchev–Trinajstić information content (AvgIpc) is 3.19. The molecule has 0 spiro atoms. The monoisotopic (exact) mass is 642 g/mol. The lowest BCUT2D eigenvalue weighted by Gasteiger charge is -2.15. The van der Waals surface area contributed by atoms with Crippen molar-refractivity contribution in [2.45, 2.75) is 6.61 Å². The molecule has 1 fully saturated rings. The molecule has 0 saturated carbocycles. The van der Waals surface area contributed by atoms with Crippen molar-refractivity contribution in [3.8, 4) is 5.75 Å². The lowest BCUT2D eigenvalue weighted by atomic mass is 10.1. The summed E-state index contributed by atoms with van der Waals surface area (Å²) in [6.07, 6.45) is 1.82. The topological polar surface area (TPSA) is 41.9 Å². The Morgan fingerprint density at radius 3 is 2.29 bits per heavy atom. The van der Waals surface area contributed by atoms with Crippen LogP contribution in [0.3, 0.4) is 0 Å². The maximum absolute atomic E-state index is 13.7. The highest BCUT2D eigenvalue weighted by Crippen LogP contribution is 2.39. The minimum atomic E-state index is -0.203. The number of halogens is 4. The first-order valence-electron chi connectivity index (χ1n) is 11.4. The van der Waals surface area contributed by atoms with E-state index < -0.39 is 0 Å². The fourth-order valence-corrected chi connectivity index (χ4v) is 5.52. The van der Waals surface area contributed by atoms with Crippen LogP contribution in [0.15, 0.2) is 105 Å². The second-order valence-corrected chi connectivity index (χ2v) is 11.4. The van der Waals surface area contributed by atoms with Crippen molar-refractivity contribution in [3.05, 3.63) is 127 Å². The van der Waals surface area contributed by atoms with Crippen LogP contribution in [-0.4, -0.2) is 11.1 Å². The molecule has 1 aliphatic rings. The summed E-state index contributed by atoms with van der Waals surface area (Å²) >= 11 is 23.1. The van der Waals surface area contributed by atoms with Gasteiger partial charge in [0.05, 0.1) is 16.3 Å². The quantitative estimate of drug-likeness (QED) is 0.196. The van der Waals surface area contributed by atoms with Crippen LogP contribution < -0.4 is 9.64 Å². The van der Waals surface area contributed by atoms with Crippen LogP contribution in [0.25, 0.3) is 6.08 Å². The van der Waals surface area contributed by atoms with E-state index in [1.165, 1.54) is 11.8 Å². The molecule has 38 heavy (non-hydrogen) atoms. The Hall–Kier alpha value is -2.74. The van der Waals surface area contributed by atoms with Crippen molar-refractivity contribution >= 4 is 91.0 Å². The van der Waals surface area contributed by atoms with Crippen LogP contribution >= 0.6 is 62.5 Å². The maximum Gasteiger partial charge on any atom is 0.271 e. The molecule has 1 amide bonds. The predicted octanol–water partition coefficient (Wildman–Crippen LogP) is 9.80. The van der Waals surface area contributed by atoms with Gasteiger partial charge in [-0.1, -0.05) is 62.9 Å². The summed E-state index contributed by atoms with van der Waals surface area (Å²) in [5.74, 6) is 0.431. The first-order chi connectivity index (χ1) is 18.4. The molecule has 4 aromatic carbocycles. The van der Waals surface area contributed by atoms with Gasteiger partial charge < -0.3 is 4.74 Å². The molecule has 0 aliphatic carbocycles. The maximum atomic E-state index is 13.7. The van der Waals surface area contributed by atoms with Gasteiger partial charge in [-0.3, -0.25) is 9.69 Å². The van der Waals surface area contributed by atoms with Gasteiger partial charge in [-0.05, 0) is 102 Å². The summed E-state index contributed by atoms with van der Waals surface area (Å²) in [5.41, 5.74) is 3.03. The Morgan fingerprint density at radius 1 is 0.868 bits per heavy atom. The van der Waals surface area contributed by atoms with Gasteiger partial charge in [0.1, 0.15) is 12.4 Å². The Balaban J connectivity index is 1.50. The number of carbonyl (C=O) groups is 1. The molecule has 0 bridgehead atoms. The zero-order valence-corrected chi connectivity index (χ0v) is 24.2. The standard InChI is InChI=1S/C29H18BrCl3N2O2S/c30-20-4-13-26(37-17-18-2-1-3-23(33)14-18)19(15-20)16-27-28(36)35(25-11-7-22(32)8-12-25)29(38-27)34-24-9-5-21(31)6-10-24/h1-16H,17H2/b27-16-,34-29?. The number of carbonyl (C=O) groups excluding carboxylic acids is 1. The number of rotatable bonds is 6. The molecule has 4 aromatic rings. The predicted molar refractivity (Wildman–Crippen MR) is 163 cm³/mol. The zero-order chi connectivity index (χ0) is 26.6. The summed E-state index contributed by atoms with van der Waals surface area (Å²) in [6, 6.07) is 27.4. The van der Waals surface area contributed by atoms with Gasteiger partial charge in [-0.25, -0.2) is 4.99 Å². The van der Waals surface area contributed by atoms with Gasteiger partial charge in [0, 0.05) is 25.1 Å². The molecule has 0 radical (unpaired) electrons. The van der Waals surface area contributed by atoms with E-state index in [-0.39, 0.29) is 5.91 Å². The molecule has 9 heteroatoms. The van der Waals surface area contributed by atoms with Crippen molar-refractivity contribution < 1.29 is 9.53 Å². The van der Waals surface area contributed by atoms with Crippen LogP contribution in [0.5, 0.6) is 5.75 Å². The second-order valence-electron chi connectivity index (χ2n) is 8.20. The van der Waals surface area contributed by atoms with Crippen molar-refractivity contribution in [1.82, 2.24) is 0 Å². The van der Waals surface area contributed by atoms with Crippen molar-refractivity contribution in [2.24, 2.45) is 4.99 Å². The van der Waals surface area contributed by atoms with Crippen LogP contribution in [-0.2, 0) is 11.4 Å². The van der Waals surface area contributed by atoms with E-state index in [1.54, 1.807) is 53.4 Å². The van der Waals surface area contributed by atoms with E-state index in [0.29, 0.717) is 48.9 Å². The summed E-state index contributed by atoms with van der Waals surface area (Å²) in [6.45, 7) is 0.333. The van der Waals surface area contributed by atoms with Crippen LogP contribution in [0.4, 0.5) is 11.4 Å². The van der Waals surface area contributed by atoms with E-state index in [1.807, 2.05) is 48.5 Å². The molecule has 1 aliphatic heterocycles. The van der Waals surface area contributed by atoms with Gasteiger partial charge in [0.2, 0.25) is 0 Å². The molecule has 0 unspecified atom stereocenters. The van der Waals surface area contributed by atoms with Gasteiger partial charge >= 0.3 is 0 Å². The third kappa shape index (κ3) is 6.45. The molecule has 4 nitrogen and oxygen atoms in total. The van der Waals surface area contributed by atoms with Crippen molar-refractivity contribution in [3.63, 3.8) is 0 Å². The molecule has 1 saturated heterocycles. The highest BCUT2D eigenvalue weighted by atomic mass is 79.9. The number of benzene rings is 4.